The van der Waals surface area contributed by atoms with Crippen molar-refractivity contribution in [2.75, 3.05) is 52.9 Å². The molecule has 9 heteroatoms. The SMILES string of the molecule is CN=C(NCCN1CCN(C(C)=O)CC1)NC(C)c1ccc(OCC2CC2)c(F)c1.I. The monoisotopic (exact) mass is 547 g/mol. The van der Waals surface area contributed by atoms with E-state index in [0.717, 1.165) is 44.8 Å². The summed E-state index contributed by atoms with van der Waals surface area (Å²) in [6, 6.07) is 5.04. The molecule has 1 aromatic rings. The van der Waals surface area contributed by atoms with Gasteiger partial charge in [0.2, 0.25) is 5.91 Å². The summed E-state index contributed by atoms with van der Waals surface area (Å²) in [5, 5.41) is 6.62. The van der Waals surface area contributed by atoms with E-state index in [9.17, 15) is 9.18 Å². The smallest absolute Gasteiger partial charge is 0.219 e. The Hall–Kier alpha value is -1.62. The van der Waals surface area contributed by atoms with E-state index in [1.54, 1.807) is 20.0 Å². The van der Waals surface area contributed by atoms with Crippen LogP contribution in [-0.4, -0.2) is 74.6 Å². The van der Waals surface area contributed by atoms with Crippen LogP contribution in [0.15, 0.2) is 23.2 Å². The number of hydrogen-bond acceptors (Lipinski definition) is 4. The van der Waals surface area contributed by atoms with E-state index in [1.165, 1.54) is 18.9 Å². The summed E-state index contributed by atoms with van der Waals surface area (Å²) in [7, 11) is 1.73. The molecule has 1 amide bonds. The Bertz CT molecular complexity index is 751. The van der Waals surface area contributed by atoms with Gasteiger partial charge in [-0.05, 0) is 43.4 Å². The molecule has 7 nitrogen and oxygen atoms in total. The summed E-state index contributed by atoms with van der Waals surface area (Å²) in [5.41, 5.74) is 0.842. The second kappa shape index (κ2) is 12.4. The van der Waals surface area contributed by atoms with E-state index in [-0.39, 0.29) is 41.7 Å². The minimum absolute atomic E-state index is 0. The number of rotatable bonds is 8. The number of aliphatic imine (C=N–C) groups is 1. The van der Waals surface area contributed by atoms with Crippen molar-refractivity contribution < 1.29 is 13.9 Å². The average Bonchev–Trinajstić information content (AvgIpc) is 3.56. The van der Waals surface area contributed by atoms with Crippen LogP contribution >= 0.6 is 24.0 Å². The van der Waals surface area contributed by atoms with E-state index >= 15 is 0 Å². The lowest BCUT2D eigenvalue weighted by molar-refractivity contribution is -0.130. The molecular weight excluding hydrogens is 512 g/mol. The number of nitrogens with zero attached hydrogens (tertiary/aromatic N) is 3. The first-order valence-electron chi connectivity index (χ1n) is 10.8. The third-order valence-electron chi connectivity index (χ3n) is 5.74. The van der Waals surface area contributed by atoms with Crippen LogP contribution in [0.3, 0.4) is 0 Å². The lowest BCUT2D eigenvalue weighted by Gasteiger charge is -2.34. The predicted molar refractivity (Wildman–Crippen MR) is 132 cm³/mol. The molecule has 174 valence electrons. The normalized spacial score (nSPS) is 18.2. The molecule has 1 aliphatic heterocycles. The Morgan fingerprint density at radius 2 is 2.00 bits per heavy atom. The zero-order chi connectivity index (χ0) is 21.5. The summed E-state index contributed by atoms with van der Waals surface area (Å²) in [4.78, 5) is 19.9. The largest absolute Gasteiger partial charge is 0.490 e. The van der Waals surface area contributed by atoms with Gasteiger partial charge in [-0.25, -0.2) is 4.39 Å². The highest BCUT2D eigenvalue weighted by atomic mass is 127. The Morgan fingerprint density at radius 3 is 2.58 bits per heavy atom. The third-order valence-corrected chi connectivity index (χ3v) is 5.74. The quantitative estimate of drug-likeness (QED) is 0.298. The van der Waals surface area contributed by atoms with Crippen molar-refractivity contribution in [2.45, 2.75) is 32.7 Å². The highest BCUT2D eigenvalue weighted by molar-refractivity contribution is 14.0. The number of amides is 1. The molecule has 0 bridgehead atoms. The van der Waals surface area contributed by atoms with Crippen LogP contribution in [0.25, 0.3) is 0 Å². The summed E-state index contributed by atoms with van der Waals surface area (Å²) >= 11 is 0. The molecule has 1 aliphatic carbocycles. The maximum atomic E-state index is 14.4. The summed E-state index contributed by atoms with van der Waals surface area (Å²) in [5.74, 6) is 1.42. The van der Waals surface area contributed by atoms with Crippen LogP contribution < -0.4 is 15.4 Å². The average molecular weight is 547 g/mol. The fourth-order valence-corrected chi connectivity index (χ4v) is 3.50. The van der Waals surface area contributed by atoms with Crippen molar-refractivity contribution in [3.63, 3.8) is 0 Å². The van der Waals surface area contributed by atoms with Gasteiger partial charge in [-0.15, -0.1) is 24.0 Å². The van der Waals surface area contributed by atoms with Crippen molar-refractivity contribution in [3.05, 3.63) is 29.6 Å². The zero-order valence-corrected chi connectivity index (χ0v) is 21.0. The number of piperazine rings is 1. The number of nitrogens with one attached hydrogen (secondary N) is 2. The summed E-state index contributed by atoms with van der Waals surface area (Å²) in [6.45, 7) is 9.16. The van der Waals surface area contributed by atoms with Crippen LogP contribution in [-0.2, 0) is 4.79 Å². The van der Waals surface area contributed by atoms with Gasteiger partial charge < -0.3 is 20.3 Å². The molecule has 0 radical (unpaired) electrons. The number of hydrogen-bond donors (Lipinski definition) is 2. The molecule has 1 atom stereocenters. The van der Waals surface area contributed by atoms with Crippen LogP contribution in [0.5, 0.6) is 5.75 Å². The van der Waals surface area contributed by atoms with E-state index < -0.39 is 0 Å². The molecule has 2 N–H and O–H groups in total. The van der Waals surface area contributed by atoms with E-state index in [2.05, 4.69) is 20.5 Å². The van der Waals surface area contributed by atoms with Crippen molar-refractivity contribution in [1.82, 2.24) is 20.4 Å². The molecule has 1 saturated carbocycles. The van der Waals surface area contributed by atoms with Crippen molar-refractivity contribution in [3.8, 4) is 5.75 Å². The Morgan fingerprint density at radius 1 is 1.29 bits per heavy atom. The van der Waals surface area contributed by atoms with Crippen molar-refractivity contribution in [2.24, 2.45) is 10.9 Å². The first kappa shape index (κ1) is 25.6. The Balaban J connectivity index is 0.00000341. The second-order valence-corrected chi connectivity index (χ2v) is 8.16. The van der Waals surface area contributed by atoms with Gasteiger partial charge in [0.25, 0.3) is 0 Å². The first-order chi connectivity index (χ1) is 14.5. The molecule has 1 aromatic carbocycles. The highest BCUT2D eigenvalue weighted by Crippen LogP contribution is 2.30. The number of ether oxygens (including phenoxy) is 1. The van der Waals surface area contributed by atoms with Crippen LogP contribution in [0.2, 0.25) is 0 Å². The molecule has 1 heterocycles. The van der Waals surface area contributed by atoms with Gasteiger partial charge in [-0.1, -0.05) is 6.07 Å². The molecule has 2 aliphatic rings. The summed E-state index contributed by atoms with van der Waals surface area (Å²) < 4.78 is 19.9. The van der Waals surface area contributed by atoms with Gasteiger partial charge in [-0.3, -0.25) is 14.7 Å². The maximum Gasteiger partial charge on any atom is 0.219 e. The Labute approximate surface area is 201 Å². The first-order valence-corrected chi connectivity index (χ1v) is 10.8. The number of benzene rings is 1. The van der Waals surface area contributed by atoms with Gasteiger partial charge in [0.15, 0.2) is 17.5 Å². The lowest BCUT2D eigenvalue weighted by atomic mass is 10.1. The van der Waals surface area contributed by atoms with Crippen LogP contribution in [0.1, 0.15) is 38.3 Å². The van der Waals surface area contributed by atoms with Crippen molar-refractivity contribution >= 4 is 35.8 Å². The molecule has 0 spiro atoms. The lowest BCUT2D eigenvalue weighted by Crippen LogP contribution is -2.50. The van der Waals surface area contributed by atoms with Gasteiger partial charge in [0.05, 0.1) is 12.6 Å². The topological polar surface area (TPSA) is 69.2 Å². The third kappa shape index (κ3) is 8.10. The minimum atomic E-state index is -0.325. The van der Waals surface area contributed by atoms with E-state index in [0.29, 0.717) is 24.2 Å². The number of carbonyl (C=O) groups is 1. The number of carbonyl (C=O) groups excluding carboxylic acids is 1. The number of halogens is 2. The van der Waals surface area contributed by atoms with Crippen LogP contribution in [0, 0.1) is 11.7 Å². The second-order valence-electron chi connectivity index (χ2n) is 8.16. The van der Waals surface area contributed by atoms with Crippen molar-refractivity contribution in [1.29, 1.82) is 0 Å². The molecule has 2 fully saturated rings. The van der Waals surface area contributed by atoms with Gasteiger partial charge in [0.1, 0.15) is 0 Å². The van der Waals surface area contributed by atoms with Gasteiger partial charge in [-0.2, -0.15) is 0 Å². The molecule has 31 heavy (non-hydrogen) atoms. The van der Waals surface area contributed by atoms with E-state index in [4.69, 9.17) is 4.74 Å². The maximum absolute atomic E-state index is 14.4. The van der Waals surface area contributed by atoms with E-state index in [1.807, 2.05) is 17.9 Å². The molecule has 1 saturated heterocycles. The molecule has 1 unspecified atom stereocenters. The molecular formula is C22H35FIN5O2. The fourth-order valence-electron chi connectivity index (χ4n) is 3.50. The molecule has 3 rings (SSSR count). The summed E-state index contributed by atoms with van der Waals surface area (Å²) in [6.07, 6.45) is 2.36. The molecule has 0 aromatic heterocycles. The fraction of sp³-hybridized carbons (Fsp3) is 0.636. The predicted octanol–water partition coefficient (Wildman–Crippen LogP) is 2.62. The minimum Gasteiger partial charge on any atom is -0.490 e. The number of guanidine groups is 1. The van der Waals surface area contributed by atoms with Crippen LogP contribution in [0.4, 0.5) is 4.39 Å². The highest BCUT2D eigenvalue weighted by Gasteiger charge is 2.23. The zero-order valence-electron chi connectivity index (χ0n) is 18.7. The van der Waals surface area contributed by atoms with Gasteiger partial charge in [0, 0.05) is 53.2 Å². The standard InChI is InChI=1S/C22H34FN5O2.HI/c1-16(19-6-7-21(20(23)14-19)30-15-18-4-5-18)26-22(24-3)25-8-9-27-10-12-28(13-11-27)17(2)29;/h6-7,14,16,18H,4-5,8-13,15H2,1-3H3,(H2,24,25,26);1H. The Kier molecular flexibility index (Phi) is 10.3. The van der Waals surface area contributed by atoms with Gasteiger partial charge >= 0.3 is 0 Å².